The molecule has 0 radical (unpaired) electrons. The molecule has 0 N–H and O–H groups in total. The molecule has 0 aliphatic carbocycles. The molecule has 2 heteroatoms. The van der Waals surface area contributed by atoms with Crippen LogP contribution in [0.3, 0.4) is 0 Å². The summed E-state index contributed by atoms with van der Waals surface area (Å²) in [5.74, 6) is 4.62. The third-order valence-corrected chi connectivity index (χ3v) is 4.81. The summed E-state index contributed by atoms with van der Waals surface area (Å²) in [4.78, 5) is 0. The van der Waals surface area contributed by atoms with Crippen molar-refractivity contribution >= 4 is 34.3 Å². The molecule has 2 rings (SSSR count). The normalized spacial score (nSPS) is 11.0. The molecule has 0 aromatic heterocycles. The van der Waals surface area contributed by atoms with Gasteiger partial charge in [-0.3, -0.25) is 0 Å². The Morgan fingerprint density at radius 1 is 0.722 bits per heavy atom. The molecular formula is C16H20S2. The van der Waals surface area contributed by atoms with Gasteiger partial charge in [0.1, 0.15) is 0 Å². The summed E-state index contributed by atoms with van der Waals surface area (Å²) in [7, 11) is 0. The quantitative estimate of drug-likeness (QED) is 0.698. The van der Waals surface area contributed by atoms with E-state index in [4.69, 9.17) is 0 Å². The third kappa shape index (κ3) is 3.69. The predicted octanol–water partition coefficient (Wildman–Crippen LogP) is 5.35. The summed E-state index contributed by atoms with van der Waals surface area (Å²) in [5.41, 5.74) is 2.87. The molecule has 0 aliphatic heterocycles. The molecular weight excluding hydrogens is 256 g/mol. The highest BCUT2D eigenvalue weighted by atomic mass is 32.2. The van der Waals surface area contributed by atoms with Crippen LogP contribution < -0.4 is 0 Å². The van der Waals surface area contributed by atoms with E-state index in [1.807, 2.05) is 23.5 Å². The number of rotatable bonds is 6. The molecule has 0 aliphatic rings. The van der Waals surface area contributed by atoms with Gasteiger partial charge in [0.2, 0.25) is 0 Å². The lowest BCUT2D eigenvalue weighted by atomic mass is 10.1. The van der Waals surface area contributed by atoms with Gasteiger partial charge in [-0.2, -0.15) is 23.5 Å². The van der Waals surface area contributed by atoms with Crippen molar-refractivity contribution in [2.75, 3.05) is 11.5 Å². The topological polar surface area (TPSA) is 0 Å². The largest absolute Gasteiger partial charge is 0.157 e. The van der Waals surface area contributed by atoms with Crippen LogP contribution in [0.5, 0.6) is 0 Å². The Hall–Kier alpha value is -0.600. The standard InChI is InChI=1S/C16H20S2/c1-3-17-11-13-5-7-16-10-14(12-18-4-2)6-8-15(16)9-13/h5-10H,3-4,11-12H2,1-2H3. The van der Waals surface area contributed by atoms with Gasteiger partial charge in [-0.25, -0.2) is 0 Å². The van der Waals surface area contributed by atoms with E-state index < -0.39 is 0 Å². The van der Waals surface area contributed by atoms with Gasteiger partial charge in [0.05, 0.1) is 0 Å². The molecule has 0 atom stereocenters. The summed E-state index contributed by atoms with van der Waals surface area (Å²) in [6, 6.07) is 13.7. The summed E-state index contributed by atoms with van der Waals surface area (Å²) in [6.07, 6.45) is 0. The lowest BCUT2D eigenvalue weighted by Gasteiger charge is -2.05. The molecule has 0 spiro atoms. The van der Waals surface area contributed by atoms with Gasteiger partial charge in [0.15, 0.2) is 0 Å². The Labute approximate surface area is 119 Å². The van der Waals surface area contributed by atoms with Crippen LogP contribution in [0.4, 0.5) is 0 Å². The first-order chi connectivity index (χ1) is 8.83. The van der Waals surface area contributed by atoms with Crippen LogP contribution in [0.2, 0.25) is 0 Å². The first-order valence-electron chi connectivity index (χ1n) is 6.50. The minimum atomic E-state index is 1.12. The second-order valence-electron chi connectivity index (χ2n) is 4.29. The Morgan fingerprint density at radius 2 is 1.17 bits per heavy atom. The van der Waals surface area contributed by atoms with Crippen molar-refractivity contribution in [1.29, 1.82) is 0 Å². The first kappa shape index (κ1) is 13.8. The number of hydrogen-bond donors (Lipinski definition) is 0. The smallest absolute Gasteiger partial charge is 0.0184 e. The summed E-state index contributed by atoms with van der Waals surface area (Å²) in [5, 5.41) is 2.74. The van der Waals surface area contributed by atoms with E-state index in [1.54, 1.807) is 0 Å². The minimum Gasteiger partial charge on any atom is -0.157 e. The molecule has 96 valence electrons. The maximum absolute atomic E-state index is 2.33. The fourth-order valence-corrected chi connectivity index (χ4v) is 3.20. The molecule has 0 saturated heterocycles. The highest BCUT2D eigenvalue weighted by Gasteiger charge is 1.99. The van der Waals surface area contributed by atoms with Gasteiger partial charge >= 0.3 is 0 Å². The van der Waals surface area contributed by atoms with Crippen molar-refractivity contribution in [3.8, 4) is 0 Å². The zero-order valence-corrected chi connectivity index (χ0v) is 12.7. The van der Waals surface area contributed by atoms with Crippen molar-refractivity contribution in [1.82, 2.24) is 0 Å². The summed E-state index contributed by atoms with van der Waals surface area (Å²) >= 11 is 3.96. The number of fused-ring (bicyclic) bond motifs is 1. The fraction of sp³-hybridized carbons (Fsp3) is 0.375. The highest BCUT2D eigenvalue weighted by Crippen LogP contribution is 2.22. The van der Waals surface area contributed by atoms with Crippen molar-refractivity contribution in [2.24, 2.45) is 0 Å². The molecule has 2 aromatic rings. The van der Waals surface area contributed by atoms with Crippen LogP contribution in [0.15, 0.2) is 36.4 Å². The van der Waals surface area contributed by atoms with Crippen LogP contribution in [-0.4, -0.2) is 11.5 Å². The molecule has 0 bridgehead atoms. The lowest BCUT2D eigenvalue weighted by Crippen LogP contribution is -1.85. The van der Waals surface area contributed by atoms with Crippen LogP contribution in [0, 0.1) is 0 Å². The zero-order valence-electron chi connectivity index (χ0n) is 11.1. The number of hydrogen-bond acceptors (Lipinski definition) is 2. The molecule has 0 fully saturated rings. The molecule has 18 heavy (non-hydrogen) atoms. The minimum absolute atomic E-state index is 1.12. The summed E-state index contributed by atoms with van der Waals surface area (Å²) in [6.45, 7) is 4.42. The van der Waals surface area contributed by atoms with Gasteiger partial charge in [-0.1, -0.05) is 50.2 Å². The Balaban J connectivity index is 2.19. The molecule has 0 unspecified atom stereocenters. The van der Waals surface area contributed by atoms with E-state index in [1.165, 1.54) is 33.4 Å². The molecule has 0 heterocycles. The number of benzene rings is 2. The van der Waals surface area contributed by atoms with E-state index in [9.17, 15) is 0 Å². The van der Waals surface area contributed by atoms with Crippen molar-refractivity contribution in [3.05, 3.63) is 47.5 Å². The van der Waals surface area contributed by atoms with Gasteiger partial charge in [-0.15, -0.1) is 0 Å². The second kappa shape index (κ2) is 7.10. The average molecular weight is 276 g/mol. The van der Waals surface area contributed by atoms with Crippen LogP contribution in [0.1, 0.15) is 25.0 Å². The number of thioether (sulfide) groups is 2. The van der Waals surface area contributed by atoms with Crippen LogP contribution in [0.25, 0.3) is 10.8 Å². The fourth-order valence-electron chi connectivity index (χ4n) is 1.96. The van der Waals surface area contributed by atoms with Crippen molar-refractivity contribution < 1.29 is 0 Å². The average Bonchev–Trinajstić information content (AvgIpc) is 2.42. The van der Waals surface area contributed by atoms with Gasteiger partial charge in [0.25, 0.3) is 0 Å². The van der Waals surface area contributed by atoms with Gasteiger partial charge in [0, 0.05) is 11.5 Å². The molecule has 0 nitrogen and oxygen atoms in total. The highest BCUT2D eigenvalue weighted by molar-refractivity contribution is 7.98. The van der Waals surface area contributed by atoms with E-state index in [2.05, 4.69) is 50.2 Å². The van der Waals surface area contributed by atoms with Crippen LogP contribution in [-0.2, 0) is 11.5 Å². The maximum Gasteiger partial charge on any atom is 0.0184 e. The third-order valence-electron chi connectivity index (χ3n) is 2.91. The molecule has 0 saturated carbocycles. The Bertz CT molecular complexity index is 458. The van der Waals surface area contributed by atoms with Gasteiger partial charge in [-0.05, 0) is 33.4 Å². The van der Waals surface area contributed by atoms with Crippen LogP contribution >= 0.6 is 23.5 Å². The second-order valence-corrected chi connectivity index (χ2v) is 6.84. The monoisotopic (exact) mass is 276 g/mol. The SMILES string of the molecule is CCSCc1ccc2cc(CSCC)ccc2c1. The Kier molecular flexibility index (Phi) is 5.45. The van der Waals surface area contributed by atoms with E-state index in [0.717, 1.165) is 11.5 Å². The van der Waals surface area contributed by atoms with Crippen molar-refractivity contribution in [3.63, 3.8) is 0 Å². The van der Waals surface area contributed by atoms with E-state index in [0.29, 0.717) is 0 Å². The summed E-state index contributed by atoms with van der Waals surface area (Å²) < 4.78 is 0. The van der Waals surface area contributed by atoms with Crippen molar-refractivity contribution in [2.45, 2.75) is 25.4 Å². The zero-order chi connectivity index (χ0) is 12.8. The molecule has 2 aromatic carbocycles. The first-order valence-corrected chi connectivity index (χ1v) is 8.81. The van der Waals surface area contributed by atoms with Gasteiger partial charge < -0.3 is 0 Å². The predicted molar refractivity (Wildman–Crippen MR) is 87.6 cm³/mol. The maximum atomic E-state index is 2.33. The Morgan fingerprint density at radius 3 is 1.56 bits per heavy atom. The molecule has 0 amide bonds. The van der Waals surface area contributed by atoms with E-state index >= 15 is 0 Å². The lowest BCUT2D eigenvalue weighted by molar-refractivity contribution is 1.39. The van der Waals surface area contributed by atoms with E-state index in [-0.39, 0.29) is 0 Å².